The van der Waals surface area contributed by atoms with Gasteiger partial charge in [0.2, 0.25) is 5.91 Å². The van der Waals surface area contributed by atoms with Gasteiger partial charge in [0, 0.05) is 12.1 Å². The second kappa shape index (κ2) is 9.23. The molecular formula is C22H20N2O5S. The van der Waals surface area contributed by atoms with Gasteiger partial charge in [-0.1, -0.05) is 37.3 Å². The summed E-state index contributed by atoms with van der Waals surface area (Å²) < 4.78 is 33.0. The summed E-state index contributed by atoms with van der Waals surface area (Å²) in [6.07, 6.45) is 0.306. The molecule has 3 aromatic carbocycles. The van der Waals surface area contributed by atoms with Gasteiger partial charge < -0.3 is 10.1 Å². The maximum absolute atomic E-state index is 12.7. The lowest BCUT2D eigenvalue weighted by atomic mass is 10.2. The van der Waals surface area contributed by atoms with Crippen LogP contribution in [0.1, 0.15) is 23.7 Å². The Balaban J connectivity index is 1.77. The fourth-order valence-corrected chi connectivity index (χ4v) is 3.53. The summed E-state index contributed by atoms with van der Waals surface area (Å²) in [5, 5.41) is 2.63. The second-order valence-corrected chi connectivity index (χ2v) is 7.95. The van der Waals surface area contributed by atoms with E-state index in [1.54, 1.807) is 49.4 Å². The number of ether oxygens (including phenoxy) is 1. The summed E-state index contributed by atoms with van der Waals surface area (Å²) in [5.41, 5.74) is 0.547. The number of carbonyl (C=O) groups excluding carboxylic acids is 2. The highest BCUT2D eigenvalue weighted by atomic mass is 32.2. The van der Waals surface area contributed by atoms with Crippen molar-refractivity contribution in [2.45, 2.75) is 18.2 Å². The van der Waals surface area contributed by atoms with Gasteiger partial charge in [0.1, 0.15) is 11.5 Å². The van der Waals surface area contributed by atoms with Crippen molar-refractivity contribution in [3.8, 4) is 11.5 Å². The fourth-order valence-electron chi connectivity index (χ4n) is 2.56. The smallest absolute Gasteiger partial charge is 0.268 e. The molecule has 30 heavy (non-hydrogen) atoms. The van der Waals surface area contributed by atoms with Gasteiger partial charge in [-0.15, -0.1) is 0 Å². The monoisotopic (exact) mass is 424 g/mol. The quantitative estimate of drug-likeness (QED) is 0.598. The number of hydrogen-bond acceptors (Lipinski definition) is 5. The summed E-state index contributed by atoms with van der Waals surface area (Å²) in [7, 11) is -4.12. The van der Waals surface area contributed by atoms with Crippen molar-refractivity contribution in [3.05, 3.63) is 84.4 Å². The molecule has 0 aliphatic carbocycles. The highest BCUT2D eigenvalue weighted by molar-refractivity contribution is 7.90. The minimum atomic E-state index is -4.12. The molecule has 0 atom stereocenters. The standard InChI is InChI=1S/C22H20N2O5S/c1-2-21(25)23-16-12-14-18(15-13-16)30(27,28)24-22(26)19-10-6-7-11-20(19)29-17-8-4-3-5-9-17/h3-15H,2H2,1H3,(H,23,25)(H,24,26). The van der Waals surface area contributed by atoms with E-state index in [9.17, 15) is 18.0 Å². The molecule has 0 aliphatic heterocycles. The number of hydrogen-bond donors (Lipinski definition) is 2. The van der Waals surface area contributed by atoms with Crippen molar-refractivity contribution in [1.29, 1.82) is 0 Å². The summed E-state index contributed by atoms with van der Waals surface area (Å²) in [5.74, 6) is -0.252. The lowest BCUT2D eigenvalue weighted by Gasteiger charge is -2.12. The minimum absolute atomic E-state index is 0.0803. The molecule has 2 amide bonds. The fraction of sp³-hybridized carbons (Fsp3) is 0.0909. The Morgan fingerprint density at radius 3 is 2.17 bits per heavy atom. The van der Waals surface area contributed by atoms with Crippen molar-refractivity contribution < 1.29 is 22.7 Å². The molecule has 0 unspecified atom stereocenters. The van der Waals surface area contributed by atoms with Crippen LogP contribution < -0.4 is 14.8 Å². The van der Waals surface area contributed by atoms with Crippen LogP contribution in [0.3, 0.4) is 0 Å². The number of para-hydroxylation sites is 2. The van der Waals surface area contributed by atoms with Crippen molar-refractivity contribution in [2.24, 2.45) is 0 Å². The zero-order chi connectivity index (χ0) is 21.6. The molecule has 8 heteroatoms. The van der Waals surface area contributed by atoms with Crippen LogP contribution in [0.5, 0.6) is 11.5 Å². The molecule has 0 saturated carbocycles. The molecule has 154 valence electrons. The number of anilines is 1. The van der Waals surface area contributed by atoms with Crippen LogP contribution in [0.4, 0.5) is 5.69 Å². The second-order valence-electron chi connectivity index (χ2n) is 6.27. The van der Waals surface area contributed by atoms with Gasteiger partial charge in [0.05, 0.1) is 10.5 Å². The molecule has 3 aromatic rings. The Morgan fingerprint density at radius 1 is 0.867 bits per heavy atom. The molecule has 3 rings (SSSR count). The van der Waals surface area contributed by atoms with Gasteiger partial charge in [-0.05, 0) is 48.5 Å². The van der Waals surface area contributed by atoms with Gasteiger partial charge in [-0.3, -0.25) is 9.59 Å². The van der Waals surface area contributed by atoms with E-state index in [-0.39, 0.29) is 22.1 Å². The van der Waals surface area contributed by atoms with Crippen LogP contribution >= 0.6 is 0 Å². The van der Waals surface area contributed by atoms with Gasteiger partial charge in [0.15, 0.2) is 0 Å². The summed E-state index contributed by atoms with van der Waals surface area (Å²) >= 11 is 0. The van der Waals surface area contributed by atoms with Crippen molar-refractivity contribution in [1.82, 2.24) is 4.72 Å². The van der Waals surface area contributed by atoms with Gasteiger partial charge >= 0.3 is 0 Å². The van der Waals surface area contributed by atoms with E-state index < -0.39 is 15.9 Å². The third-order valence-electron chi connectivity index (χ3n) is 4.10. The number of benzene rings is 3. The summed E-state index contributed by atoms with van der Waals surface area (Å²) in [4.78, 5) is 24.0. The number of rotatable bonds is 7. The SMILES string of the molecule is CCC(=O)Nc1ccc(S(=O)(=O)NC(=O)c2ccccc2Oc2ccccc2)cc1. The van der Waals surface area contributed by atoms with E-state index in [1.165, 1.54) is 30.3 Å². The van der Waals surface area contributed by atoms with Crippen molar-refractivity contribution in [2.75, 3.05) is 5.32 Å². The number of sulfonamides is 1. The van der Waals surface area contributed by atoms with Crippen LogP contribution in [0.15, 0.2) is 83.8 Å². The van der Waals surface area contributed by atoms with E-state index in [4.69, 9.17) is 4.74 Å². The predicted molar refractivity (Wildman–Crippen MR) is 113 cm³/mol. The van der Waals surface area contributed by atoms with E-state index in [2.05, 4.69) is 10.0 Å². The third-order valence-corrected chi connectivity index (χ3v) is 5.45. The number of nitrogens with one attached hydrogen (secondary N) is 2. The van der Waals surface area contributed by atoms with E-state index in [0.717, 1.165) is 0 Å². The first-order valence-electron chi connectivity index (χ1n) is 9.18. The molecule has 0 saturated heterocycles. The molecule has 0 aromatic heterocycles. The van der Waals surface area contributed by atoms with E-state index >= 15 is 0 Å². The van der Waals surface area contributed by atoms with Gasteiger partial charge in [-0.25, -0.2) is 13.1 Å². The van der Waals surface area contributed by atoms with Crippen LogP contribution in [-0.2, 0) is 14.8 Å². The molecule has 0 bridgehead atoms. The zero-order valence-corrected chi connectivity index (χ0v) is 17.0. The Labute approximate surface area is 174 Å². The summed E-state index contributed by atoms with van der Waals surface area (Å²) in [6.45, 7) is 1.71. The van der Waals surface area contributed by atoms with Crippen LogP contribution in [0.2, 0.25) is 0 Å². The molecule has 7 nitrogen and oxygen atoms in total. The molecular weight excluding hydrogens is 404 g/mol. The normalized spacial score (nSPS) is 10.8. The molecule has 0 radical (unpaired) electrons. The van der Waals surface area contributed by atoms with Gasteiger partial charge in [-0.2, -0.15) is 0 Å². The largest absolute Gasteiger partial charge is 0.457 e. The van der Waals surface area contributed by atoms with Gasteiger partial charge in [0.25, 0.3) is 15.9 Å². The molecule has 0 fully saturated rings. The minimum Gasteiger partial charge on any atom is -0.457 e. The number of amides is 2. The van der Waals surface area contributed by atoms with E-state index in [1.807, 2.05) is 6.07 Å². The predicted octanol–water partition coefficient (Wildman–Crippen LogP) is 3.95. The average molecular weight is 424 g/mol. The lowest BCUT2D eigenvalue weighted by Crippen LogP contribution is -2.30. The average Bonchev–Trinajstić information content (AvgIpc) is 2.75. The third kappa shape index (κ3) is 5.24. The van der Waals surface area contributed by atoms with Crippen LogP contribution in [0, 0.1) is 0 Å². The molecule has 0 spiro atoms. The Bertz CT molecular complexity index is 1140. The van der Waals surface area contributed by atoms with Crippen molar-refractivity contribution >= 4 is 27.5 Å². The highest BCUT2D eigenvalue weighted by Gasteiger charge is 2.21. The summed E-state index contributed by atoms with van der Waals surface area (Å²) in [6, 6.07) is 20.8. The van der Waals surface area contributed by atoms with Crippen LogP contribution in [-0.4, -0.2) is 20.2 Å². The topological polar surface area (TPSA) is 102 Å². The van der Waals surface area contributed by atoms with Crippen LogP contribution in [0.25, 0.3) is 0 Å². The number of carbonyl (C=O) groups is 2. The van der Waals surface area contributed by atoms with Crippen molar-refractivity contribution in [3.63, 3.8) is 0 Å². The maximum atomic E-state index is 12.7. The first-order valence-corrected chi connectivity index (χ1v) is 10.7. The van der Waals surface area contributed by atoms with E-state index in [0.29, 0.717) is 17.9 Å². The first-order chi connectivity index (χ1) is 14.4. The molecule has 0 heterocycles. The Kier molecular flexibility index (Phi) is 6.48. The highest BCUT2D eigenvalue weighted by Crippen LogP contribution is 2.25. The lowest BCUT2D eigenvalue weighted by molar-refractivity contribution is -0.115. The first kappa shape index (κ1) is 21.1. The Hall–Kier alpha value is -3.65. The maximum Gasteiger partial charge on any atom is 0.268 e. The zero-order valence-electron chi connectivity index (χ0n) is 16.2. The molecule has 2 N–H and O–H groups in total. The molecule has 0 aliphatic rings. The Morgan fingerprint density at radius 2 is 1.50 bits per heavy atom.